The van der Waals surface area contributed by atoms with Crippen LogP contribution >= 0.6 is 0 Å². The Balaban J connectivity index is 1.92. The molecule has 3 rings (SSSR count). The lowest BCUT2D eigenvalue weighted by Crippen LogP contribution is -2.40. The highest BCUT2D eigenvalue weighted by Crippen LogP contribution is 2.28. The van der Waals surface area contributed by atoms with Crippen molar-refractivity contribution in [3.8, 4) is 0 Å². The summed E-state index contributed by atoms with van der Waals surface area (Å²) in [5.74, 6) is 0. The molecule has 0 radical (unpaired) electrons. The number of hydrogen-bond acceptors (Lipinski definition) is 4. The van der Waals surface area contributed by atoms with Gasteiger partial charge < -0.3 is 20.3 Å². The minimum Gasteiger partial charge on any atom is -0.395 e. The van der Waals surface area contributed by atoms with Crippen LogP contribution in [0.2, 0.25) is 0 Å². The molecule has 0 unspecified atom stereocenters. The number of benzene rings is 1. The fourth-order valence-corrected chi connectivity index (χ4v) is 3.17. The van der Waals surface area contributed by atoms with Gasteiger partial charge in [0.1, 0.15) is 0 Å². The second-order valence-corrected chi connectivity index (χ2v) is 5.50. The van der Waals surface area contributed by atoms with Crippen LogP contribution in [-0.4, -0.2) is 56.1 Å². The van der Waals surface area contributed by atoms with E-state index in [2.05, 4.69) is 4.98 Å². The Bertz CT molecular complexity index is 598. The summed E-state index contributed by atoms with van der Waals surface area (Å²) >= 11 is 0. The molecule has 0 aliphatic carbocycles. The zero-order chi connectivity index (χ0) is 14.3. The molecule has 1 fully saturated rings. The number of aromatic amines is 1. The molecule has 5 heteroatoms. The molecule has 0 spiro atoms. The van der Waals surface area contributed by atoms with Crippen molar-refractivity contribution in [3.63, 3.8) is 0 Å². The lowest BCUT2D eigenvalue weighted by Gasteiger charge is -2.27. The number of nitrogens with zero attached hydrogens (tertiary/aromatic N) is 1. The molecule has 1 aromatic carbocycles. The van der Waals surface area contributed by atoms with Crippen LogP contribution in [0.15, 0.2) is 30.5 Å². The number of fused-ring (bicyclic) bond motifs is 1. The molecular weight excluding hydrogens is 256 g/mol. The Morgan fingerprint density at radius 1 is 1.20 bits per heavy atom. The van der Waals surface area contributed by atoms with Crippen molar-refractivity contribution in [1.82, 2.24) is 9.88 Å². The van der Waals surface area contributed by atoms with E-state index in [1.165, 1.54) is 0 Å². The Morgan fingerprint density at radius 3 is 2.75 bits per heavy atom. The van der Waals surface area contributed by atoms with Gasteiger partial charge in [-0.05, 0) is 24.6 Å². The van der Waals surface area contributed by atoms with Crippen LogP contribution in [-0.2, 0) is 6.54 Å². The summed E-state index contributed by atoms with van der Waals surface area (Å²) in [6.07, 6.45) is 0.174. The van der Waals surface area contributed by atoms with Gasteiger partial charge in [0.25, 0.3) is 0 Å². The third kappa shape index (κ3) is 2.03. The maximum Gasteiger partial charge on any atom is 0.0991 e. The van der Waals surface area contributed by atoms with E-state index in [4.69, 9.17) is 0 Å². The van der Waals surface area contributed by atoms with Gasteiger partial charge in [0.05, 0.1) is 24.9 Å². The smallest absolute Gasteiger partial charge is 0.0991 e. The molecule has 1 saturated heterocycles. The Hall–Kier alpha value is -1.40. The van der Waals surface area contributed by atoms with Gasteiger partial charge in [-0.3, -0.25) is 4.90 Å². The molecule has 5 nitrogen and oxygen atoms in total. The van der Waals surface area contributed by atoms with Crippen LogP contribution in [0.1, 0.15) is 12.5 Å². The molecule has 1 aliphatic heterocycles. The summed E-state index contributed by atoms with van der Waals surface area (Å²) < 4.78 is 0. The predicted molar refractivity (Wildman–Crippen MR) is 76.2 cm³/mol. The van der Waals surface area contributed by atoms with Gasteiger partial charge in [-0.1, -0.05) is 12.1 Å². The number of rotatable bonds is 3. The van der Waals surface area contributed by atoms with E-state index >= 15 is 0 Å². The summed E-state index contributed by atoms with van der Waals surface area (Å²) in [5, 5.41) is 30.6. The highest BCUT2D eigenvalue weighted by Gasteiger charge is 2.44. The van der Waals surface area contributed by atoms with Crippen LogP contribution in [0.4, 0.5) is 0 Å². The number of likely N-dealkylation sites (tertiary alicyclic amines) is 1. The average Bonchev–Trinajstić information content (AvgIpc) is 3.00. The van der Waals surface area contributed by atoms with Crippen LogP contribution in [0.25, 0.3) is 10.9 Å². The van der Waals surface area contributed by atoms with Crippen LogP contribution < -0.4 is 0 Å². The van der Waals surface area contributed by atoms with E-state index in [1.807, 2.05) is 42.3 Å². The lowest BCUT2D eigenvalue weighted by molar-refractivity contribution is 0.0186. The monoisotopic (exact) mass is 276 g/mol. The third-order valence-corrected chi connectivity index (χ3v) is 4.41. The number of nitrogens with one attached hydrogen (secondary N) is 1. The van der Waals surface area contributed by atoms with Gasteiger partial charge in [0, 0.05) is 29.7 Å². The maximum atomic E-state index is 9.99. The Labute approximate surface area is 117 Å². The normalized spacial score (nSPS) is 31.2. The van der Waals surface area contributed by atoms with Crippen LogP contribution in [0.5, 0.6) is 0 Å². The standard InChI is InChI=1S/C15H20N2O3/c1-9-14(19)15(20)13(8-18)17(9)7-10-3-2-4-12-11(10)5-6-16-12/h2-6,9,13-16,18-20H,7-8H2,1H3/t9-,13+,14-,15+/m0/s1. The van der Waals surface area contributed by atoms with Gasteiger partial charge in [0.2, 0.25) is 0 Å². The van der Waals surface area contributed by atoms with Crippen molar-refractivity contribution in [2.24, 2.45) is 0 Å². The second kappa shape index (κ2) is 5.18. The van der Waals surface area contributed by atoms with Crippen molar-refractivity contribution in [2.75, 3.05) is 6.61 Å². The number of aliphatic hydroxyl groups is 3. The van der Waals surface area contributed by atoms with E-state index in [-0.39, 0.29) is 12.6 Å². The van der Waals surface area contributed by atoms with Crippen LogP contribution in [0.3, 0.4) is 0 Å². The van der Waals surface area contributed by atoms with Crippen molar-refractivity contribution >= 4 is 10.9 Å². The fraction of sp³-hybridized carbons (Fsp3) is 0.467. The molecule has 2 aromatic rings. The van der Waals surface area contributed by atoms with Crippen molar-refractivity contribution in [2.45, 2.75) is 37.8 Å². The van der Waals surface area contributed by atoms with Gasteiger partial charge >= 0.3 is 0 Å². The zero-order valence-corrected chi connectivity index (χ0v) is 11.4. The van der Waals surface area contributed by atoms with Crippen molar-refractivity contribution < 1.29 is 15.3 Å². The number of H-pyrrole nitrogens is 1. The van der Waals surface area contributed by atoms with Gasteiger partial charge in [-0.2, -0.15) is 0 Å². The Morgan fingerprint density at radius 2 is 2.00 bits per heavy atom. The molecule has 2 heterocycles. The predicted octanol–water partition coefficient (Wildman–Crippen LogP) is 0.455. The molecular formula is C15H20N2O3. The van der Waals surface area contributed by atoms with E-state index in [0.717, 1.165) is 16.5 Å². The second-order valence-electron chi connectivity index (χ2n) is 5.50. The number of aromatic nitrogens is 1. The molecule has 20 heavy (non-hydrogen) atoms. The molecule has 1 aliphatic rings. The minimum absolute atomic E-state index is 0.161. The Kier molecular flexibility index (Phi) is 3.52. The highest BCUT2D eigenvalue weighted by molar-refractivity contribution is 5.82. The van der Waals surface area contributed by atoms with Crippen molar-refractivity contribution in [1.29, 1.82) is 0 Å². The van der Waals surface area contributed by atoms with E-state index in [0.29, 0.717) is 6.54 Å². The van der Waals surface area contributed by atoms with Gasteiger partial charge in [0.15, 0.2) is 0 Å². The third-order valence-electron chi connectivity index (χ3n) is 4.41. The quantitative estimate of drug-likeness (QED) is 0.656. The van der Waals surface area contributed by atoms with Crippen LogP contribution in [0, 0.1) is 0 Å². The van der Waals surface area contributed by atoms with Gasteiger partial charge in [-0.25, -0.2) is 0 Å². The molecule has 4 atom stereocenters. The minimum atomic E-state index is -0.902. The fourth-order valence-electron chi connectivity index (χ4n) is 3.17. The van der Waals surface area contributed by atoms with E-state index < -0.39 is 18.2 Å². The topological polar surface area (TPSA) is 79.7 Å². The molecule has 1 aromatic heterocycles. The first-order valence-corrected chi connectivity index (χ1v) is 6.91. The van der Waals surface area contributed by atoms with Crippen molar-refractivity contribution in [3.05, 3.63) is 36.0 Å². The molecule has 0 amide bonds. The summed E-state index contributed by atoms with van der Waals surface area (Å²) in [6.45, 7) is 2.31. The molecule has 4 N–H and O–H groups in total. The molecule has 0 saturated carbocycles. The highest BCUT2D eigenvalue weighted by atomic mass is 16.3. The summed E-state index contributed by atoms with van der Waals surface area (Å²) in [4.78, 5) is 5.14. The first kappa shape index (κ1) is 13.6. The summed E-state index contributed by atoms with van der Waals surface area (Å²) in [6, 6.07) is 7.45. The number of hydrogen-bond donors (Lipinski definition) is 4. The van der Waals surface area contributed by atoms with E-state index in [9.17, 15) is 15.3 Å². The lowest BCUT2D eigenvalue weighted by atomic mass is 10.1. The van der Waals surface area contributed by atoms with E-state index in [1.54, 1.807) is 0 Å². The largest absolute Gasteiger partial charge is 0.395 e. The number of aliphatic hydroxyl groups excluding tert-OH is 3. The first-order chi connectivity index (χ1) is 9.63. The SMILES string of the molecule is C[C@H]1[C@H](O)[C@H](O)[C@@H](CO)N1Cc1cccc2[nH]ccc12. The maximum absolute atomic E-state index is 9.99. The first-order valence-electron chi connectivity index (χ1n) is 6.91. The zero-order valence-electron chi connectivity index (χ0n) is 11.4. The molecule has 108 valence electrons. The molecule has 0 bridgehead atoms. The summed E-state index contributed by atoms with van der Waals surface area (Å²) in [7, 11) is 0. The summed E-state index contributed by atoms with van der Waals surface area (Å²) in [5.41, 5.74) is 2.19. The average molecular weight is 276 g/mol. The van der Waals surface area contributed by atoms with Gasteiger partial charge in [-0.15, -0.1) is 0 Å².